The van der Waals surface area contributed by atoms with E-state index in [1.54, 1.807) is 13.4 Å². The summed E-state index contributed by atoms with van der Waals surface area (Å²) in [7, 11) is 1.70. The van der Waals surface area contributed by atoms with E-state index >= 15 is 0 Å². The van der Waals surface area contributed by atoms with Crippen molar-refractivity contribution in [2.75, 3.05) is 26.8 Å². The third-order valence-electron chi connectivity index (χ3n) is 2.00. The summed E-state index contributed by atoms with van der Waals surface area (Å²) in [6, 6.07) is 0. The number of aryl methyl sites for hydroxylation is 1. The fourth-order valence-corrected chi connectivity index (χ4v) is 1.25. The van der Waals surface area contributed by atoms with Crippen LogP contribution in [0.5, 0.6) is 0 Å². The second-order valence-electron chi connectivity index (χ2n) is 2.98. The average Bonchev–Trinajstić information content (AvgIpc) is 2.65. The molecule has 0 atom stereocenters. The Labute approximate surface area is 84.5 Å². The molecule has 5 nitrogen and oxygen atoms in total. The van der Waals surface area contributed by atoms with Crippen LogP contribution in [0, 0.1) is 0 Å². The van der Waals surface area contributed by atoms with Gasteiger partial charge in [-0.05, 0) is 6.92 Å². The Morgan fingerprint density at radius 3 is 3.07 bits per heavy atom. The number of methoxy groups -OCH3 is 1. The molecule has 1 aromatic heterocycles. The first-order valence-corrected chi connectivity index (χ1v) is 4.94. The number of aromatic nitrogens is 3. The summed E-state index contributed by atoms with van der Waals surface area (Å²) in [6.45, 7) is 5.50. The molecule has 1 heterocycles. The van der Waals surface area contributed by atoms with Gasteiger partial charge in [-0.3, -0.25) is 4.68 Å². The van der Waals surface area contributed by atoms with Crippen LogP contribution in [-0.4, -0.2) is 41.6 Å². The van der Waals surface area contributed by atoms with Crippen LogP contribution in [0.25, 0.3) is 0 Å². The second-order valence-corrected chi connectivity index (χ2v) is 2.98. The minimum atomic E-state index is 0.750. The Hall–Kier alpha value is -0.940. The minimum Gasteiger partial charge on any atom is -0.383 e. The maximum atomic E-state index is 4.93. The van der Waals surface area contributed by atoms with Gasteiger partial charge in [0.1, 0.15) is 12.2 Å². The molecule has 0 radical (unpaired) electrons. The standard InChI is InChI=1S/C9H18N4O/c1-3-13-9(11-8-12-13)4-5-10-6-7-14-2/h8,10H,3-7H2,1-2H3. The molecule has 0 aliphatic rings. The summed E-state index contributed by atoms with van der Waals surface area (Å²) >= 11 is 0. The molecular weight excluding hydrogens is 180 g/mol. The minimum absolute atomic E-state index is 0.750. The SMILES string of the molecule is CCn1ncnc1CCNCCOC. The lowest BCUT2D eigenvalue weighted by molar-refractivity contribution is 0.199. The summed E-state index contributed by atoms with van der Waals surface area (Å²) in [4.78, 5) is 4.19. The van der Waals surface area contributed by atoms with Crippen molar-refractivity contribution in [2.24, 2.45) is 0 Å². The predicted octanol–water partition coefficient (Wildman–Crippen LogP) is 0.0765. The van der Waals surface area contributed by atoms with Gasteiger partial charge in [-0.15, -0.1) is 0 Å². The van der Waals surface area contributed by atoms with Gasteiger partial charge in [-0.2, -0.15) is 5.10 Å². The van der Waals surface area contributed by atoms with Crippen LogP contribution in [0.1, 0.15) is 12.7 Å². The van der Waals surface area contributed by atoms with Crippen LogP contribution in [0.3, 0.4) is 0 Å². The fourth-order valence-electron chi connectivity index (χ4n) is 1.25. The van der Waals surface area contributed by atoms with Crippen molar-refractivity contribution in [2.45, 2.75) is 19.9 Å². The van der Waals surface area contributed by atoms with Crippen molar-refractivity contribution in [1.29, 1.82) is 0 Å². The number of hydrogen-bond acceptors (Lipinski definition) is 4. The molecule has 1 rings (SSSR count). The Kier molecular flexibility index (Phi) is 5.17. The van der Waals surface area contributed by atoms with Crippen molar-refractivity contribution >= 4 is 0 Å². The smallest absolute Gasteiger partial charge is 0.138 e. The van der Waals surface area contributed by atoms with Gasteiger partial charge in [-0.1, -0.05) is 0 Å². The second kappa shape index (κ2) is 6.50. The normalized spacial score (nSPS) is 10.7. The highest BCUT2D eigenvalue weighted by atomic mass is 16.5. The highest BCUT2D eigenvalue weighted by Crippen LogP contribution is 1.93. The first-order valence-electron chi connectivity index (χ1n) is 4.94. The number of nitrogens with zero attached hydrogens (tertiary/aromatic N) is 3. The molecule has 0 aliphatic heterocycles. The molecule has 14 heavy (non-hydrogen) atoms. The number of nitrogens with one attached hydrogen (secondary N) is 1. The summed E-state index contributed by atoms with van der Waals surface area (Å²) in [6.07, 6.45) is 2.52. The Bertz CT molecular complexity index is 249. The van der Waals surface area contributed by atoms with Gasteiger partial charge in [0.25, 0.3) is 0 Å². The Morgan fingerprint density at radius 2 is 2.36 bits per heavy atom. The molecule has 0 saturated carbocycles. The van der Waals surface area contributed by atoms with E-state index in [1.807, 2.05) is 4.68 Å². The van der Waals surface area contributed by atoms with Gasteiger partial charge in [0.15, 0.2) is 0 Å². The molecule has 0 unspecified atom stereocenters. The summed E-state index contributed by atoms with van der Waals surface area (Å²) in [5.41, 5.74) is 0. The maximum absolute atomic E-state index is 4.93. The molecule has 0 spiro atoms. The van der Waals surface area contributed by atoms with Gasteiger partial charge in [0.05, 0.1) is 6.61 Å². The Balaban J connectivity index is 2.17. The molecule has 0 aliphatic carbocycles. The molecule has 1 N–H and O–H groups in total. The summed E-state index contributed by atoms with van der Waals surface area (Å²) in [5, 5.41) is 7.37. The third-order valence-corrected chi connectivity index (χ3v) is 2.00. The summed E-state index contributed by atoms with van der Waals surface area (Å²) in [5.74, 6) is 1.04. The highest BCUT2D eigenvalue weighted by Gasteiger charge is 2.00. The van der Waals surface area contributed by atoms with Crippen molar-refractivity contribution in [1.82, 2.24) is 20.1 Å². The van der Waals surface area contributed by atoms with E-state index in [9.17, 15) is 0 Å². The van der Waals surface area contributed by atoms with Gasteiger partial charge in [-0.25, -0.2) is 4.98 Å². The van der Waals surface area contributed by atoms with Gasteiger partial charge < -0.3 is 10.1 Å². The zero-order valence-corrected chi connectivity index (χ0v) is 8.86. The highest BCUT2D eigenvalue weighted by molar-refractivity contribution is 4.84. The first kappa shape index (κ1) is 11.1. The lowest BCUT2D eigenvalue weighted by atomic mass is 10.4. The lowest BCUT2D eigenvalue weighted by Gasteiger charge is -2.04. The van der Waals surface area contributed by atoms with Crippen LogP contribution < -0.4 is 5.32 Å². The average molecular weight is 198 g/mol. The zero-order chi connectivity index (χ0) is 10.2. The van der Waals surface area contributed by atoms with Crippen LogP contribution >= 0.6 is 0 Å². The largest absolute Gasteiger partial charge is 0.383 e. The van der Waals surface area contributed by atoms with E-state index < -0.39 is 0 Å². The topological polar surface area (TPSA) is 52.0 Å². The number of rotatable bonds is 7. The molecule has 0 amide bonds. The Morgan fingerprint density at radius 1 is 1.50 bits per heavy atom. The van der Waals surface area contributed by atoms with Crippen LogP contribution in [-0.2, 0) is 17.7 Å². The quantitative estimate of drug-likeness (QED) is 0.630. The van der Waals surface area contributed by atoms with Crippen LogP contribution in [0.15, 0.2) is 6.33 Å². The zero-order valence-electron chi connectivity index (χ0n) is 8.86. The van der Waals surface area contributed by atoms with E-state index in [4.69, 9.17) is 4.74 Å². The van der Waals surface area contributed by atoms with Crippen molar-refractivity contribution in [3.05, 3.63) is 12.2 Å². The molecule has 80 valence electrons. The van der Waals surface area contributed by atoms with Crippen molar-refractivity contribution < 1.29 is 4.74 Å². The first-order chi connectivity index (χ1) is 6.88. The monoisotopic (exact) mass is 198 g/mol. The van der Waals surface area contributed by atoms with Crippen molar-refractivity contribution in [3.8, 4) is 0 Å². The van der Waals surface area contributed by atoms with Gasteiger partial charge in [0.2, 0.25) is 0 Å². The molecule has 1 aromatic rings. The molecule has 0 saturated heterocycles. The van der Waals surface area contributed by atoms with E-state index in [2.05, 4.69) is 22.3 Å². The number of ether oxygens (including phenoxy) is 1. The lowest BCUT2D eigenvalue weighted by Crippen LogP contribution is -2.22. The van der Waals surface area contributed by atoms with Gasteiger partial charge >= 0.3 is 0 Å². The van der Waals surface area contributed by atoms with E-state index in [1.165, 1.54) is 0 Å². The maximum Gasteiger partial charge on any atom is 0.138 e. The van der Waals surface area contributed by atoms with E-state index in [-0.39, 0.29) is 0 Å². The van der Waals surface area contributed by atoms with Crippen molar-refractivity contribution in [3.63, 3.8) is 0 Å². The van der Waals surface area contributed by atoms with E-state index in [0.717, 1.165) is 38.5 Å². The molecular formula is C9H18N4O. The van der Waals surface area contributed by atoms with E-state index in [0.29, 0.717) is 0 Å². The molecule has 0 aromatic carbocycles. The molecule has 0 fully saturated rings. The third kappa shape index (κ3) is 3.43. The van der Waals surface area contributed by atoms with Crippen LogP contribution in [0.2, 0.25) is 0 Å². The predicted molar refractivity (Wildman–Crippen MR) is 54.1 cm³/mol. The fraction of sp³-hybridized carbons (Fsp3) is 0.778. The number of hydrogen-bond donors (Lipinski definition) is 1. The van der Waals surface area contributed by atoms with Crippen LogP contribution in [0.4, 0.5) is 0 Å². The summed E-state index contributed by atoms with van der Waals surface area (Å²) < 4.78 is 6.84. The van der Waals surface area contributed by atoms with Gasteiger partial charge in [0, 0.05) is 33.2 Å². The molecule has 5 heteroatoms. The molecule has 0 bridgehead atoms.